The summed E-state index contributed by atoms with van der Waals surface area (Å²) in [5, 5.41) is 16.6. The Balaban J connectivity index is 1.94. The number of aryl methyl sites for hydroxylation is 1. The first-order valence-electron chi connectivity index (χ1n) is 9.46. The predicted octanol–water partition coefficient (Wildman–Crippen LogP) is 3.21. The summed E-state index contributed by atoms with van der Waals surface area (Å²) in [4.78, 5) is 23.7. The van der Waals surface area contributed by atoms with Gasteiger partial charge in [-0.2, -0.15) is 5.10 Å². The maximum atomic E-state index is 13.0. The highest BCUT2D eigenvalue weighted by atomic mass is 19.1. The zero-order chi connectivity index (χ0) is 20.8. The van der Waals surface area contributed by atoms with Gasteiger partial charge in [0.1, 0.15) is 5.82 Å². The molecule has 0 bridgehead atoms. The molecule has 0 saturated carbocycles. The number of hydrogen-bond acceptors (Lipinski definition) is 3. The van der Waals surface area contributed by atoms with E-state index in [0.717, 1.165) is 23.5 Å². The summed E-state index contributed by atoms with van der Waals surface area (Å²) in [5.41, 5.74) is 3.49. The minimum absolute atomic E-state index is 0.0373. The molecule has 1 atom stereocenters. The molecule has 6 nitrogen and oxygen atoms in total. The van der Waals surface area contributed by atoms with Gasteiger partial charge in [-0.1, -0.05) is 26.0 Å². The van der Waals surface area contributed by atoms with E-state index in [1.54, 1.807) is 0 Å². The highest BCUT2D eigenvalue weighted by molar-refractivity contribution is 5.80. The van der Waals surface area contributed by atoms with Crippen LogP contribution in [-0.2, 0) is 22.6 Å². The fraction of sp³-hybridized carbons (Fsp3) is 0.476. The van der Waals surface area contributed by atoms with Crippen molar-refractivity contribution in [3.8, 4) is 0 Å². The van der Waals surface area contributed by atoms with Crippen molar-refractivity contribution in [2.24, 2.45) is 5.92 Å². The molecule has 1 unspecified atom stereocenters. The normalized spacial score (nSPS) is 12.2. The van der Waals surface area contributed by atoms with Gasteiger partial charge < -0.3 is 10.4 Å². The van der Waals surface area contributed by atoms with Crippen LogP contribution in [0.25, 0.3) is 0 Å². The lowest BCUT2D eigenvalue weighted by Crippen LogP contribution is -2.31. The number of rotatable bonds is 9. The smallest absolute Gasteiger partial charge is 0.312 e. The number of aromatic nitrogens is 2. The Bertz CT molecular complexity index is 828. The Morgan fingerprint density at radius 2 is 1.86 bits per heavy atom. The van der Waals surface area contributed by atoms with E-state index < -0.39 is 17.7 Å². The van der Waals surface area contributed by atoms with Crippen LogP contribution in [0.15, 0.2) is 24.3 Å². The number of amides is 1. The van der Waals surface area contributed by atoms with Crippen molar-refractivity contribution in [3.63, 3.8) is 0 Å². The zero-order valence-electron chi connectivity index (χ0n) is 16.8. The Morgan fingerprint density at radius 3 is 2.43 bits per heavy atom. The van der Waals surface area contributed by atoms with Crippen LogP contribution in [0.2, 0.25) is 0 Å². The molecule has 0 aliphatic heterocycles. The zero-order valence-corrected chi connectivity index (χ0v) is 16.8. The van der Waals surface area contributed by atoms with Crippen molar-refractivity contribution in [2.45, 2.75) is 53.0 Å². The van der Waals surface area contributed by atoms with Crippen LogP contribution in [0.4, 0.5) is 4.39 Å². The summed E-state index contributed by atoms with van der Waals surface area (Å²) in [6, 6.07) is 5.28. The van der Waals surface area contributed by atoms with Crippen LogP contribution >= 0.6 is 0 Å². The monoisotopic (exact) mass is 389 g/mol. The summed E-state index contributed by atoms with van der Waals surface area (Å²) in [6.45, 7) is 8.99. The lowest BCUT2D eigenvalue weighted by molar-refractivity contribution is -0.138. The number of halogens is 1. The largest absolute Gasteiger partial charge is 0.481 e. The second-order valence-electron chi connectivity index (χ2n) is 7.47. The minimum Gasteiger partial charge on any atom is -0.481 e. The molecule has 0 saturated heterocycles. The molecular formula is C21H28FN3O3. The number of aliphatic carboxylic acids is 1. The summed E-state index contributed by atoms with van der Waals surface area (Å²) < 4.78 is 15.0. The van der Waals surface area contributed by atoms with Crippen LogP contribution in [0.5, 0.6) is 0 Å². The molecule has 0 aliphatic carbocycles. The molecule has 0 radical (unpaired) electrons. The maximum absolute atomic E-state index is 13.0. The first-order chi connectivity index (χ1) is 13.2. The van der Waals surface area contributed by atoms with Gasteiger partial charge in [0.2, 0.25) is 5.91 Å². The second-order valence-corrected chi connectivity index (χ2v) is 7.47. The quantitative estimate of drug-likeness (QED) is 0.690. The van der Waals surface area contributed by atoms with E-state index >= 15 is 0 Å². The molecule has 7 heteroatoms. The van der Waals surface area contributed by atoms with Gasteiger partial charge in [-0.15, -0.1) is 0 Å². The van der Waals surface area contributed by atoms with Crippen molar-refractivity contribution < 1.29 is 19.1 Å². The molecule has 152 valence electrons. The Hall–Kier alpha value is -2.70. The molecule has 28 heavy (non-hydrogen) atoms. The first-order valence-corrected chi connectivity index (χ1v) is 9.46. The van der Waals surface area contributed by atoms with Gasteiger partial charge in [0.25, 0.3) is 0 Å². The standard InChI is InChI=1S/C21H28FN3O3/c1-13(2)12-25-15(4)18(14(3)24-25)9-10-20(26)23-11-19(21(27)28)16-5-7-17(22)8-6-16/h5-8,13,19H,9-12H2,1-4H3,(H,23,26)(H,27,28). The minimum atomic E-state index is -1.06. The van der Waals surface area contributed by atoms with E-state index in [1.165, 1.54) is 24.3 Å². The summed E-state index contributed by atoms with van der Waals surface area (Å²) >= 11 is 0. The Labute approximate surface area is 164 Å². The van der Waals surface area contributed by atoms with Gasteiger partial charge in [-0.25, -0.2) is 4.39 Å². The highest BCUT2D eigenvalue weighted by Gasteiger charge is 2.21. The van der Waals surface area contributed by atoms with E-state index in [9.17, 15) is 19.1 Å². The van der Waals surface area contributed by atoms with Crippen LogP contribution in [0, 0.1) is 25.6 Å². The maximum Gasteiger partial charge on any atom is 0.312 e. The number of nitrogens with one attached hydrogen (secondary N) is 1. The number of hydrogen-bond donors (Lipinski definition) is 2. The van der Waals surface area contributed by atoms with Crippen molar-refractivity contribution in [2.75, 3.05) is 6.54 Å². The molecule has 2 aromatic rings. The van der Waals surface area contributed by atoms with Crippen LogP contribution < -0.4 is 5.32 Å². The summed E-state index contributed by atoms with van der Waals surface area (Å²) in [5.74, 6) is -2.15. The van der Waals surface area contributed by atoms with E-state index in [4.69, 9.17) is 0 Å². The third kappa shape index (κ3) is 5.65. The van der Waals surface area contributed by atoms with Crippen LogP contribution in [0.1, 0.15) is 48.7 Å². The lowest BCUT2D eigenvalue weighted by Gasteiger charge is -2.14. The average molecular weight is 389 g/mol. The first kappa shape index (κ1) is 21.6. The molecule has 1 aromatic heterocycles. The van der Waals surface area contributed by atoms with E-state index in [2.05, 4.69) is 24.3 Å². The van der Waals surface area contributed by atoms with Crippen molar-refractivity contribution >= 4 is 11.9 Å². The number of carbonyl (C=O) groups excluding carboxylic acids is 1. The topological polar surface area (TPSA) is 84.2 Å². The van der Waals surface area contributed by atoms with Gasteiger partial charge in [0, 0.05) is 25.2 Å². The highest BCUT2D eigenvalue weighted by Crippen LogP contribution is 2.18. The fourth-order valence-corrected chi connectivity index (χ4v) is 3.21. The molecule has 1 aromatic carbocycles. The predicted molar refractivity (Wildman–Crippen MR) is 105 cm³/mol. The van der Waals surface area contributed by atoms with Crippen molar-refractivity contribution in [1.29, 1.82) is 0 Å². The Morgan fingerprint density at radius 1 is 1.21 bits per heavy atom. The third-order valence-corrected chi connectivity index (χ3v) is 4.75. The molecule has 1 amide bonds. The van der Waals surface area contributed by atoms with Crippen LogP contribution in [0.3, 0.4) is 0 Å². The fourth-order valence-electron chi connectivity index (χ4n) is 3.21. The number of benzene rings is 1. The molecule has 0 aliphatic rings. The molecule has 2 N–H and O–H groups in total. The van der Waals surface area contributed by atoms with Gasteiger partial charge >= 0.3 is 5.97 Å². The number of carbonyl (C=O) groups is 2. The number of nitrogens with zero attached hydrogens (tertiary/aromatic N) is 2. The molecule has 2 rings (SSSR count). The number of carboxylic acids is 1. The van der Waals surface area contributed by atoms with E-state index in [1.807, 2.05) is 18.5 Å². The van der Waals surface area contributed by atoms with Crippen LogP contribution in [-0.4, -0.2) is 33.3 Å². The van der Waals surface area contributed by atoms with E-state index in [0.29, 0.717) is 17.9 Å². The summed E-state index contributed by atoms with van der Waals surface area (Å²) in [6.07, 6.45) is 0.806. The molecular weight excluding hydrogens is 361 g/mol. The van der Waals surface area contributed by atoms with Gasteiger partial charge in [-0.05, 0) is 49.4 Å². The average Bonchev–Trinajstić information content (AvgIpc) is 2.87. The Kier molecular flexibility index (Phi) is 7.31. The SMILES string of the molecule is Cc1nn(CC(C)C)c(C)c1CCC(=O)NCC(C(=O)O)c1ccc(F)cc1. The second kappa shape index (κ2) is 9.48. The summed E-state index contributed by atoms with van der Waals surface area (Å²) in [7, 11) is 0. The van der Waals surface area contributed by atoms with Gasteiger partial charge in [-0.3, -0.25) is 14.3 Å². The van der Waals surface area contributed by atoms with E-state index in [-0.39, 0.29) is 18.9 Å². The number of carboxylic acid groups (broad SMARTS) is 1. The van der Waals surface area contributed by atoms with Crippen molar-refractivity contribution in [1.82, 2.24) is 15.1 Å². The van der Waals surface area contributed by atoms with Gasteiger partial charge in [0.15, 0.2) is 0 Å². The third-order valence-electron chi connectivity index (χ3n) is 4.75. The lowest BCUT2D eigenvalue weighted by atomic mass is 9.99. The molecule has 0 fully saturated rings. The molecule has 1 heterocycles. The van der Waals surface area contributed by atoms with Gasteiger partial charge in [0.05, 0.1) is 11.6 Å². The van der Waals surface area contributed by atoms with Crippen molar-refractivity contribution in [3.05, 3.63) is 52.6 Å². The molecule has 0 spiro atoms.